The molecule has 2 rings (SSSR count). The molecule has 0 aliphatic heterocycles. The van der Waals surface area contributed by atoms with E-state index >= 15 is 0 Å². The summed E-state index contributed by atoms with van der Waals surface area (Å²) < 4.78 is 0. The molecule has 1 aromatic carbocycles. The molecule has 21 heavy (non-hydrogen) atoms. The molecular weight excluding hydrogens is 290 g/mol. The fourth-order valence-corrected chi connectivity index (χ4v) is 2.07. The monoisotopic (exact) mass is 301 g/mol. The van der Waals surface area contributed by atoms with Gasteiger partial charge >= 0.3 is 5.97 Å². The van der Waals surface area contributed by atoms with Gasteiger partial charge in [-0.05, 0) is 24.3 Å². The van der Waals surface area contributed by atoms with Crippen molar-refractivity contribution in [1.82, 2.24) is 4.98 Å². The zero-order chi connectivity index (χ0) is 15.2. The number of nitriles is 1. The highest BCUT2D eigenvalue weighted by Crippen LogP contribution is 2.28. The zero-order valence-electron chi connectivity index (χ0n) is 11.0. The largest absolute Gasteiger partial charge is 0.478 e. The Morgan fingerprint density at radius 3 is 2.62 bits per heavy atom. The number of carbonyl (C=O) groups is 1. The number of halogens is 1. The topological polar surface area (TPSA) is 77.2 Å². The molecule has 0 radical (unpaired) electrons. The first-order valence-corrected chi connectivity index (χ1v) is 6.60. The van der Waals surface area contributed by atoms with Gasteiger partial charge in [-0.15, -0.1) is 0 Å². The van der Waals surface area contributed by atoms with Crippen LogP contribution in [0, 0.1) is 11.3 Å². The van der Waals surface area contributed by atoms with Crippen LogP contribution in [0.1, 0.15) is 16.8 Å². The van der Waals surface area contributed by atoms with Gasteiger partial charge in [-0.1, -0.05) is 29.8 Å². The molecule has 6 heteroatoms. The van der Waals surface area contributed by atoms with Gasteiger partial charge in [-0.25, -0.2) is 9.78 Å². The molecule has 1 heterocycles. The van der Waals surface area contributed by atoms with Gasteiger partial charge in [-0.3, -0.25) is 0 Å². The number of para-hydroxylation sites is 1. The molecule has 0 unspecified atom stereocenters. The molecule has 1 aromatic heterocycles. The lowest BCUT2D eigenvalue weighted by atomic mass is 10.2. The maximum Gasteiger partial charge on any atom is 0.339 e. The number of rotatable bonds is 5. The predicted octanol–water partition coefficient (Wildman–Crippen LogP) is 3.48. The van der Waals surface area contributed by atoms with Gasteiger partial charge in [0, 0.05) is 12.2 Å². The molecule has 0 bridgehead atoms. The molecule has 0 saturated heterocycles. The SMILES string of the molecule is N#CCCN(c1ccccc1)c1nc(Cl)ccc1C(=O)O. The molecule has 0 aliphatic rings. The minimum Gasteiger partial charge on any atom is -0.478 e. The quantitative estimate of drug-likeness (QED) is 0.855. The van der Waals surface area contributed by atoms with Crippen LogP contribution in [0.15, 0.2) is 42.5 Å². The van der Waals surface area contributed by atoms with Crippen molar-refractivity contribution in [3.05, 3.63) is 53.2 Å². The van der Waals surface area contributed by atoms with Crippen LogP contribution in [-0.2, 0) is 0 Å². The lowest BCUT2D eigenvalue weighted by Crippen LogP contribution is -2.22. The van der Waals surface area contributed by atoms with Crippen molar-refractivity contribution in [2.75, 3.05) is 11.4 Å². The number of hydrogen-bond donors (Lipinski definition) is 1. The van der Waals surface area contributed by atoms with E-state index in [1.807, 2.05) is 30.3 Å². The number of aromatic carboxylic acids is 1. The minimum absolute atomic E-state index is 0.0428. The third-order valence-electron chi connectivity index (χ3n) is 2.84. The summed E-state index contributed by atoms with van der Waals surface area (Å²) >= 11 is 5.89. The highest BCUT2D eigenvalue weighted by Gasteiger charge is 2.19. The highest BCUT2D eigenvalue weighted by molar-refractivity contribution is 6.29. The summed E-state index contributed by atoms with van der Waals surface area (Å²) in [6.45, 7) is 0.328. The van der Waals surface area contributed by atoms with E-state index < -0.39 is 5.97 Å². The summed E-state index contributed by atoms with van der Waals surface area (Å²) in [6.07, 6.45) is 0.238. The van der Waals surface area contributed by atoms with Crippen LogP contribution in [-0.4, -0.2) is 22.6 Å². The summed E-state index contributed by atoms with van der Waals surface area (Å²) in [5, 5.41) is 18.3. The molecule has 2 aromatic rings. The Bertz CT molecular complexity index is 683. The fraction of sp³-hybridized carbons (Fsp3) is 0.133. The van der Waals surface area contributed by atoms with Crippen molar-refractivity contribution in [2.24, 2.45) is 0 Å². The molecule has 0 saturated carbocycles. The van der Waals surface area contributed by atoms with Gasteiger partial charge < -0.3 is 10.0 Å². The predicted molar refractivity (Wildman–Crippen MR) is 79.9 cm³/mol. The van der Waals surface area contributed by atoms with Crippen LogP contribution in [0.2, 0.25) is 5.15 Å². The third-order valence-corrected chi connectivity index (χ3v) is 3.05. The molecular formula is C15H12ClN3O2. The van der Waals surface area contributed by atoms with E-state index in [0.29, 0.717) is 6.54 Å². The highest BCUT2D eigenvalue weighted by atomic mass is 35.5. The molecule has 0 fully saturated rings. The molecule has 0 aliphatic carbocycles. The van der Waals surface area contributed by atoms with Crippen molar-refractivity contribution in [1.29, 1.82) is 5.26 Å². The summed E-state index contributed by atoms with van der Waals surface area (Å²) in [5.74, 6) is -0.858. The third kappa shape index (κ3) is 3.50. The fourth-order valence-electron chi connectivity index (χ4n) is 1.93. The van der Waals surface area contributed by atoms with Crippen LogP contribution in [0.4, 0.5) is 11.5 Å². The first kappa shape index (κ1) is 14.8. The van der Waals surface area contributed by atoms with Crippen molar-refractivity contribution in [2.45, 2.75) is 6.42 Å². The molecule has 5 nitrogen and oxygen atoms in total. The first-order valence-electron chi connectivity index (χ1n) is 6.23. The Labute approximate surface area is 127 Å². The Balaban J connectivity index is 2.53. The summed E-state index contributed by atoms with van der Waals surface area (Å²) in [7, 11) is 0. The minimum atomic E-state index is -1.09. The number of benzene rings is 1. The second-order valence-corrected chi connectivity index (χ2v) is 4.59. The summed E-state index contributed by atoms with van der Waals surface area (Å²) in [4.78, 5) is 17.2. The Morgan fingerprint density at radius 1 is 1.29 bits per heavy atom. The van der Waals surface area contributed by atoms with Gasteiger partial charge in [0.1, 0.15) is 16.5 Å². The van der Waals surface area contributed by atoms with Gasteiger partial charge in [0.05, 0.1) is 12.5 Å². The van der Waals surface area contributed by atoms with E-state index in [1.54, 1.807) is 4.90 Å². The Morgan fingerprint density at radius 2 is 2.00 bits per heavy atom. The van der Waals surface area contributed by atoms with Crippen LogP contribution < -0.4 is 4.90 Å². The number of carboxylic acids is 1. The first-order chi connectivity index (χ1) is 10.1. The normalized spacial score (nSPS) is 9.90. The van der Waals surface area contributed by atoms with Gasteiger partial charge in [0.2, 0.25) is 0 Å². The lowest BCUT2D eigenvalue weighted by molar-refractivity contribution is 0.0697. The van der Waals surface area contributed by atoms with Gasteiger partial charge in [-0.2, -0.15) is 5.26 Å². The van der Waals surface area contributed by atoms with Gasteiger partial charge in [0.25, 0.3) is 0 Å². The molecule has 0 atom stereocenters. The summed E-state index contributed by atoms with van der Waals surface area (Å²) in [6, 6.07) is 14.1. The van der Waals surface area contributed by atoms with E-state index in [0.717, 1.165) is 5.69 Å². The number of aromatic nitrogens is 1. The van der Waals surface area contributed by atoms with Crippen molar-refractivity contribution in [3.8, 4) is 6.07 Å². The van der Waals surface area contributed by atoms with Crippen LogP contribution >= 0.6 is 11.6 Å². The second kappa shape index (κ2) is 6.73. The smallest absolute Gasteiger partial charge is 0.339 e. The number of hydrogen-bond acceptors (Lipinski definition) is 4. The van der Waals surface area contributed by atoms with Crippen LogP contribution in [0.3, 0.4) is 0 Å². The van der Waals surface area contributed by atoms with Crippen molar-refractivity contribution < 1.29 is 9.90 Å². The molecule has 0 amide bonds. The Kier molecular flexibility index (Phi) is 4.75. The van der Waals surface area contributed by atoms with E-state index in [4.69, 9.17) is 16.9 Å². The van der Waals surface area contributed by atoms with Crippen LogP contribution in [0.25, 0.3) is 0 Å². The van der Waals surface area contributed by atoms with E-state index in [-0.39, 0.29) is 23.0 Å². The van der Waals surface area contributed by atoms with E-state index in [9.17, 15) is 9.90 Å². The molecule has 106 valence electrons. The maximum atomic E-state index is 11.4. The number of anilines is 2. The van der Waals surface area contributed by atoms with Crippen LogP contribution in [0.5, 0.6) is 0 Å². The zero-order valence-corrected chi connectivity index (χ0v) is 11.8. The maximum absolute atomic E-state index is 11.4. The molecule has 0 spiro atoms. The van der Waals surface area contributed by atoms with Gasteiger partial charge in [0.15, 0.2) is 0 Å². The van der Waals surface area contributed by atoms with Crippen molar-refractivity contribution in [3.63, 3.8) is 0 Å². The van der Waals surface area contributed by atoms with E-state index in [2.05, 4.69) is 11.1 Å². The summed E-state index contributed by atoms with van der Waals surface area (Å²) in [5.41, 5.74) is 0.797. The molecule has 1 N–H and O–H groups in total. The number of nitrogens with zero attached hydrogens (tertiary/aromatic N) is 3. The number of pyridine rings is 1. The van der Waals surface area contributed by atoms with E-state index in [1.165, 1.54) is 12.1 Å². The average Bonchev–Trinajstić information content (AvgIpc) is 2.48. The lowest BCUT2D eigenvalue weighted by Gasteiger charge is -2.24. The standard InChI is InChI=1S/C15H12ClN3O2/c16-13-8-7-12(15(20)21)14(18-13)19(10-4-9-17)11-5-2-1-3-6-11/h1-3,5-8H,4,10H2,(H,20,21). The number of carboxylic acid groups (broad SMARTS) is 1. The second-order valence-electron chi connectivity index (χ2n) is 4.21. The Hall–Kier alpha value is -2.58. The average molecular weight is 302 g/mol. The van der Waals surface area contributed by atoms with Crippen molar-refractivity contribution >= 4 is 29.1 Å².